The molecule has 0 spiro atoms. The van der Waals surface area contributed by atoms with Crippen LogP contribution in [0, 0.1) is 11.3 Å². The smallest absolute Gasteiger partial charge is 0.320 e. The zero-order chi connectivity index (χ0) is 11.4. The summed E-state index contributed by atoms with van der Waals surface area (Å²) in [6.07, 6.45) is 6.71. The van der Waals surface area contributed by atoms with Gasteiger partial charge in [-0.1, -0.05) is 12.8 Å². The van der Waals surface area contributed by atoms with E-state index in [4.69, 9.17) is 4.74 Å². The fourth-order valence-electron chi connectivity index (χ4n) is 4.00. The van der Waals surface area contributed by atoms with Gasteiger partial charge in [0.15, 0.2) is 0 Å². The third kappa shape index (κ3) is 1.04. The van der Waals surface area contributed by atoms with Crippen LogP contribution in [0.15, 0.2) is 0 Å². The molecule has 0 aromatic rings. The average molecular weight is 222 g/mol. The first kappa shape index (κ1) is 10.3. The lowest BCUT2D eigenvalue weighted by Crippen LogP contribution is -2.48. The molecule has 0 unspecified atom stereocenters. The highest BCUT2D eigenvalue weighted by molar-refractivity contribution is 6.06. The number of carbonyl (C=O) groups is 2. The van der Waals surface area contributed by atoms with Gasteiger partial charge in [-0.05, 0) is 32.6 Å². The van der Waals surface area contributed by atoms with E-state index in [9.17, 15) is 9.59 Å². The Morgan fingerprint density at radius 3 is 2.81 bits per heavy atom. The van der Waals surface area contributed by atoms with Gasteiger partial charge in [-0.3, -0.25) is 9.59 Å². The second-order valence-corrected chi connectivity index (χ2v) is 5.73. The molecule has 16 heavy (non-hydrogen) atoms. The summed E-state index contributed by atoms with van der Waals surface area (Å²) in [5.74, 6) is 0.00988. The van der Waals surface area contributed by atoms with Crippen molar-refractivity contribution in [2.75, 3.05) is 0 Å². The number of hydrogen-bond acceptors (Lipinski definition) is 3. The lowest BCUT2D eigenvalue weighted by Gasteiger charge is -2.39. The molecule has 1 aliphatic heterocycles. The number of hydrogen-bond donors (Lipinski definition) is 0. The summed E-state index contributed by atoms with van der Waals surface area (Å²) in [6, 6.07) is 0. The van der Waals surface area contributed by atoms with Crippen molar-refractivity contribution < 1.29 is 14.3 Å². The summed E-state index contributed by atoms with van der Waals surface area (Å²) in [5, 5.41) is 0. The maximum atomic E-state index is 12.0. The normalized spacial score (nSPS) is 47.2. The minimum atomic E-state index is -0.817. The van der Waals surface area contributed by atoms with Crippen molar-refractivity contribution in [1.29, 1.82) is 0 Å². The molecule has 0 amide bonds. The van der Waals surface area contributed by atoms with Crippen LogP contribution in [0.3, 0.4) is 0 Å². The molecule has 2 saturated carbocycles. The number of Topliss-reactive ketones (excluding diaryl/α,β-unsaturated/α-hetero) is 1. The molecule has 88 valence electrons. The highest BCUT2D eigenvalue weighted by Gasteiger charge is 2.67. The van der Waals surface area contributed by atoms with Crippen LogP contribution in [0.4, 0.5) is 0 Å². The summed E-state index contributed by atoms with van der Waals surface area (Å²) in [5.41, 5.74) is -1.10. The number of rotatable bonds is 0. The van der Waals surface area contributed by atoms with Crippen LogP contribution in [-0.4, -0.2) is 17.4 Å². The first-order valence-electron chi connectivity index (χ1n) is 6.36. The Morgan fingerprint density at radius 2 is 2.00 bits per heavy atom. The Hall–Kier alpha value is -0.860. The zero-order valence-electron chi connectivity index (χ0n) is 9.75. The molecule has 3 fully saturated rings. The van der Waals surface area contributed by atoms with Crippen LogP contribution in [-0.2, 0) is 14.3 Å². The van der Waals surface area contributed by atoms with Gasteiger partial charge >= 0.3 is 5.97 Å². The predicted octanol–water partition coefficient (Wildman–Crippen LogP) is 2.23. The third-order valence-corrected chi connectivity index (χ3v) is 5.00. The van der Waals surface area contributed by atoms with Gasteiger partial charge in [0.2, 0.25) is 0 Å². The molecule has 3 nitrogen and oxygen atoms in total. The molecule has 3 rings (SSSR count). The van der Waals surface area contributed by atoms with E-state index in [0.717, 1.165) is 32.1 Å². The van der Waals surface area contributed by atoms with Crippen molar-refractivity contribution in [2.24, 2.45) is 11.3 Å². The zero-order valence-corrected chi connectivity index (χ0v) is 9.75. The third-order valence-electron chi connectivity index (χ3n) is 5.00. The minimum Gasteiger partial charge on any atom is -0.458 e. The standard InChI is InChI=1S/C13H18O3/c1-12-9-5-3-2-4-7-13(9,16-11(12)15)8-6-10(12)14/h9H,2-8H2,1H3/t9-,12-,13-/m0/s1. The summed E-state index contributed by atoms with van der Waals surface area (Å²) in [4.78, 5) is 24.1. The molecule has 0 radical (unpaired) electrons. The first-order chi connectivity index (χ1) is 7.59. The van der Waals surface area contributed by atoms with Crippen LogP contribution in [0.5, 0.6) is 0 Å². The summed E-state index contributed by atoms with van der Waals surface area (Å²) >= 11 is 0. The van der Waals surface area contributed by atoms with Crippen molar-refractivity contribution in [3.63, 3.8) is 0 Å². The summed E-state index contributed by atoms with van der Waals surface area (Å²) < 4.78 is 5.67. The molecule has 1 saturated heterocycles. The molecule has 3 aliphatic rings. The molecule has 2 aliphatic carbocycles. The largest absolute Gasteiger partial charge is 0.458 e. The number of ketones is 1. The molecule has 1 heterocycles. The van der Waals surface area contributed by atoms with Gasteiger partial charge in [0.05, 0.1) is 0 Å². The molecule has 0 aromatic carbocycles. The van der Waals surface area contributed by atoms with E-state index in [2.05, 4.69) is 0 Å². The highest BCUT2D eigenvalue weighted by atomic mass is 16.6. The summed E-state index contributed by atoms with van der Waals surface area (Å²) in [7, 11) is 0. The number of carbonyl (C=O) groups excluding carboxylic acids is 2. The molecule has 3 atom stereocenters. The van der Waals surface area contributed by atoms with Crippen molar-refractivity contribution >= 4 is 11.8 Å². The average Bonchev–Trinajstić information content (AvgIpc) is 2.44. The molecule has 0 aromatic heterocycles. The molecule has 2 bridgehead atoms. The van der Waals surface area contributed by atoms with E-state index in [1.54, 1.807) is 0 Å². The number of esters is 1. The van der Waals surface area contributed by atoms with Crippen LogP contribution in [0.1, 0.15) is 51.9 Å². The highest BCUT2D eigenvalue weighted by Crippen LogP contribution is 2.58. The van der Waals surface area contributed by atoms with Gasteiger partial charge in [0.1, 0.15) is 16.8 Å². The fraction of sp³-hybridized carbons (Fsp3) is 0.846. The van der Waals surface area contributed by atoms with Crippen LogP contribution >= 0.6 is 0 Å². The minimum absolute atomic E-state index is 0.109. The summed E-state index contributed by atoms with van der Waals surface area (Å²) in [6.45, 7) is 1.81. The van der Waals surface area contributed by atoms with Gasteiger partial charge in [-0.25, -0.2) is 0 Å². The maximum Gasteiger partial charge on any atom is 0.320 e. The Labute approximate surface area is 95.5 Å². The quantitative estimate of drug-likeness (QED) is 0.466. The van der Waals surface area contributed by atoms with E-state index in [1.807, 2.05) is 6.92 Å². The predicted molar refractivity (Wildman–Crippen MR) is 57.7 cm³/mol. The monoisotopic (exact) mass is 222 g/mol. The van der Waals surface area contributed by atoms with Crippen molar-refractivity contribution in [3.8, 4) is 0 Å². The molecule has 0 N–H and O–H groups in total. The lowest BCUT2D eigenvalue weighted by molar-refractivity contribution is -0.153. The Morgan fingerprint density at radius 1 is 1.19 bits per heavy atom. The van der Waals surface area contributed by atoms with Crippen molar-refractivity contribution in [1.82, 2.24) is 0 Å². The van der Waals surface area contributed by atoms with Crippen LogP contribution in [0.25, 0.3) is 0 Å². The fourth-order valence-corrected chi connectivity index (χ4v) is 4.00. The van der Waals surface area contributed by atoms with Gasteiger partial charge in [-0.15, -0.1) is 0 Å². The van der Waals surface area contributed by atoms with E-state index < -0.39 is 5.41 Å². The van der Waals surface area contributed by atoms with Crippen molar-refractivity contribution in [3.05, 3.63) is 0 Å². The van der Waals surface area contributed by atoms with Gasteiger partial charge < -0.3 is 4.74 Å². The maximum absolute atomic E-state index is 12.0. The van der Waals surface area contributed by atoms with Crippen LogP contribution in [0.2, 0.25) is 0 Å². The van der Waals surface area contributed by atoms with Gasteiger partial charge in [-0.2, -0.15) is 0 Å². The van der Waals surface area contributed by atoms with Crippen LogP contribution < -0.4 is 0 Å². The van der Waals surface area contributed by atoms with E-state index >= 15 is 0 Å². The Balaban J connectivity index is 2.08. The number of ether oxygens (including phenoxy) is 1. The van der Waals surface area contributed by atoms with E-state index in [1.165, 1.54) is 6.42 Å². The Bertz CT molecular complexity index is 362. The van der Waals surface area contributed by atoms with E-state index in [0.29, 0.717) is 6.42 Å². The molecular weight excluding hydrogens is 204 g/mol. The SMILES string of the molecule is C[C@@]12C(=O)CC[C@]3(CCCCC[C@H]31)OC2=O. The lowest BCUT2D eigenvalue weighted by atomic mass is 9.60. The topological polar surface area (TPSA) is 43.4 Å². The molecular formula is C13H18O3. The van der Waals surface area contributed by atoms with Gasteiger partial charge in [0.25, 0.3) is 0 Å². The second-order valence-electron chi connectivity index (χ2n) is 5.73. The Kier molecular flexibility index (Phi) is 1.99. The van der Waals surface area contributed by atoms with Gasteiger partial charge in [0, 0.05) is 12.3 Å². The second kappa shape index (κ2) is 3.08. The molecule has 3 heteroatoms. The first-order valence-corrected chi connectivity index (χ1v) is 6.36. The van der Waals surface area contributed by atoms with E-state index in [-0.39, 0.29) is 23.3 Å². The van der Waals surface area contributed by atoms with Crippen molar-refractivity contribution in [2.45, 2.75) is 57.5 Å².